The molecule has 1 amide bonds. The van der Waals surface area contributed by atoms with Crippen molar-refractivity contribution in [1.82, 2.24) is 20.3 Å². The average Bonchev–Trinajstić information content (AvgIpc) is 2.82. The van der Waals surface area contributed by atoms with Gasteiger partial charge in [0.15, 0.2) is 5.82 Å². The molecule has 0 bridgehead atoms. The fraction of sp³-hybridized carbons (Fsp3) is 0.200. The summed E-state index contributed by atoms with van der Waals surface area (Å²) < 4.78 is 5.22. The predicted molar refractivity (Wildman–Crippen MR) is 62.3 cm³/mol. The molecule has 0 saturated carbocycles. The maximum atomic E-state index is 11.7. The highest BCUT2D eigenvalue weighted by atomic mass is 16.4. The Balaban J connectivity index is 1.99. The van der Waals surface area contributed by atoms with Gasteiger partial charge in [0.05, 0.1) is 25.1 Å². The summed E-state index contributed by atoms with van der Waals surface area (Å²) >= 11 is 0. The lowest BCUT2D eigenvalue weighted by Gasteiger charge is -2.03. The minimum absolute atomic E-state index is 0.161. The first-order chi connectivity index (χ1) is 8.69. The number of hydrazine groups is 1. The first kappa shape index (κ1) is 12.0. The molecule has 0 aliphatic rings. The Morgan fingerprint density at radius 3 is 2.94 bits per heavy atom. The number of aromatic nitrogens is 3. The van der Waals surface area contributed by atoms with Gasteiger partial charge in [-0.05, 0) is 6.92 Å². The van der Waals surface area contributed by atoms with Crippen LogP contribution in [0.2, 0.25) is 0 Å². The molecule has 2 heterocycles. The van der Waals surface area contributed by atoms with Crippen LogP contribution in [-0.2, 0) is 6.54 Å². The Hall–Kier alpha value is -2.48. The molecule has 8 nitrogen and oxygen atoms in total. The molecule has 4 N–H and O–H groups in total. The number of nitrogens with zero attached hydrogens (tertiary/aromatic N) is 3. The molecule has 2 aromatic heterocycles. The highest BCUT2D eigenvalue weighted by molar-refractivity contribution is 5.92. The van der Waals surface area contributed by atoms with Gasteiger partial charge in [0, 0.05) is 0 Å². The van der Waals surface area contributed by atoms with E-state index in [2.05, 4.69) is 25.7 Å². The lowest BCUT2D eigenvalue weighted by atomic mass is 10.4. The fourth-order valence-electron chi connectivity index (χ4n) is 1.27. The minimum Gasteiger partial charge on any atom is -0.444 e. The summed E-state index contributed by atoms with van der Waals surface area (Å²) in [5.41, 5.74) is 2.48. The van der Waals surface area contributed by atoms with Crippen molar-refractivity contribution in [1.29, 1.82) is 0 Å². The van der Waals surface area contributed by atoms with Gasteiger partial charge in [-0.25, -0.2) is 15.8 Å². The topological polar surface area (TPSA) is 119 Å². The van der Waals surface area contributed by atoms with Crippen LogP contribution in [0.5, 0.6) is 0 Å². The molecule has 0 aliphatic carbocycles. The second-order valence-electron chi connectivity index (χ2n) is 3.48. The Bertz CT molecular complexity index is 553. The summed E-state index contributed by atoms with van der Waals surface area (Å²) in [7, 11) is 0. The van der Waals surface area contributed by atoms with Crippen LogP contribution in [0.15, 0.2) is 23.0 Å². The second kappa shape index (κ2) is 5.23. The van der Waals surface area contributed by atoms with Crippen molar-refractivity contribution in [3.63, 3.8) is 0 Å². The minimum atomic E-state index is -0.379. The van der Waals surface area contributed by atoms with Crippen LogP contribution in [0, 0.1) is 6.92 Å². The number of nitrogens with two attached hydrogens (primary N) is 1. The standard InChI is InChI=1S/C10H12N6O2/c1-6-2-13-9(18-6)5-14-10(17)7-3-12-4-8(15-7)16-11/h2-4H,5,11H2,1H3,(H,14,17)(H,15,16). The first-order valence-electron chi connectivity index (χ1n) is 5.17. The van der Waals surface area contributed by atoms with E-state index in [1.807, 2.05) is 0 Å². The molecule has 2 rings (SSSR count). The highest BCUT2D eigenvalue weighted by Gasteiger charge is 2.09. The van der Waals surface area contributed by atoms with E-state index in [9.17, 15) is 4.79 Å². The molecule has 94 valence electrons. The molecular weight excluding hydrogens is 236 g/mol. The molecule has 0 atom stereocenters. The van der Waals surface area contributed by atoms with E-state index < -0.39 is 0 Å². The number of amides is 1. The van der Waals surface area contributed by atoms with Gasteiger partial charge in [-0.2, -0.15) is 0 Å². The first-order valence-corrected chi connectivity index (χ1v) is 5.17. The summed E-state index contributed by atoms with van der Waals surface area (Å²) in [6.45, 7) is 1.97. The Labute approximate surface area is 103 Å². The van der Waals surface area contributed by atoms with Crippen molar-refractivity contribution in [2.24, 2.45) is 5.84 Å². The number of carbonyl (C=O) groups is 1. The monoisotopic (exact) mass is 248 g/mol. The Morgan fingerprint density at radius 2 is 2.28 bits per heavy atom. The molecule has 8 heteroatoms. The van der Waals surface area contributed by atoms with E-state index in [4.69, 9.17) is 10.3 Å². The summed E-state index contributed by atoms with van der Waals surface area (Å²) in [4.78, 5) is 23.5. The number of hydrogen-bond donors (Lipinski definition) is 3. The Morgan fingerprint density at radius 1 is 1.44 bits per heavy atom. The molecule has 0 fully saturated rings. The van der Waals surface area contributed by atoms with E-state index in [0.717, 1.165) is 0 Å². The van der Waals surface area contributed by atoms with Gasteiger partial charge >= 0.3 is 0 Å². The lowest BCUT2D eigenvalue weighted by molar-refractivity contribution is 0.0942. The molecule has 0 aliphatic heterocycles. The maximum Gasteiger partial charge on any atom is 0.272 e. The summed E-state index contributed by atoms with van der Waals surface area (Å²) in [5.74, 6) is 6.23. The van der Waals surface area contributed by atoms with Crippen LogP contribution in [0.1, 0.15) is 22.1 Å². The SMILES string of the molecule is Cc1cnc(CNC(=O)c2cncc(NN)n2)o1. The Kier molecular flexibility index (Phi) is 3.49. The van der Waals surface area contributed by atoms with Crippen LogP contribution in [0.3, 0.4) is 0 Å². The van der Waals surface area contributed by atoms with Gasteiger partial charge in [-0.15, -0.1) is 0 Å². The smallest absolute Gasteiger partial charge is 0.272 e. The fourth-order valence-corrected chi connectivity index (χ4v) is 1.27. The van der Waals surface area contributed by atoms with Crippen LogP contribution in [0.4, 0.5) is 5.82 Å². The number of oxazole rings is 1. The number of nitrogens with one attached hydrogen (secondary N) is 2. The van der Waals surface area contributed by atoms with Crippen molar-refractivity contribution < 1.29 is 9.21 Å². The zero-order valence-corrected chi connectivity index (χ0v) is 9.67. The molecule has 0 radical (unpaired) electrons. The molecule has 0 saturated heterocycles. The molecule has 18 heavy (non-hydrogen) atoms. The van der Waals surface area contributed by atoms with E-state index in [-0.39, 0.29) is 18.1 Å². The van der Waals surface area contributed by atoms with Gasteiger partial charge < -0.3 is 15.2 Å². The van der Waals surface area contributed by atoms with Crippen molar-refractivity contribution >= 4 is 11.7 Å². The zero-order chi connectivity index (χ0) is 13.0. The lowest BCUT2D eigenvalue weighted by Crippen LogP contribution is -2.24. The number of aryl methyl sites for hydroxylation is 1. The molecule has 0 spiro atoms. The largest absolute Gasteiger partial charge is 0.444 e. The molecule has 2 aromatic rings. The van der Waals surface area contributed by atoms with Crippen LogP contribution >= 0.6 is 0 Å². The molecule has 0 aromatic carbocycles. The molecular formula is C10H12N6O2. The number of anilines is 1. The van der Waals surface area contributed by atoms with Crippen molar-refractivity contribution in [3.05, 3.63) is 35.9 Å². The summed E-state index contributed by atoms with van der Waals surface area (Å²) in [6.07, 6.45) is 4.34. The third-order valence-electron chi connectivity index (χ3n) is 2.08. The van der Waals surface area contributed by atoms with Crippen molar-refractivity contribution in [3.8, 4) is 0 Å². The van der Waals surface area contributed by atoms with E-state index in [1.165, 1.54) is 12.4 Å². The van der Waals surface area contributed by atoms with Crippen LogP contribution in [0.25, 0.3) is 0 Å². The van der Waals surface area contributed by atoms with E-state index >= 15 is 0 Å². The quantitative estimate of drug-likeness (QED) is 0.514. The van der Waals surface area contributed by atoms with Gasteiger partial charge in [0.25, 0.3) is 5.91 Å². The van der Waals surface area contributed by atoms with Gasteiger partial charge in [0.1, 0.15) is 11.5 Å². The third-order valence-corrected chi connectivity index (χ3v) is 2.08. The molecule has 0 unspecified atom stereocenters. The second-order valence-corrected chi connectivity index (χ2v) is 3.48. The van der Waals surface area contributed by atoms with Gasteiger partial charge in [-0.1, -0.05) is 0 Å². The number of carbonyl (C=O) groups excluding carboxylic acids is 1. The van der Waals surface area contributed by atoms with Crippen molar-refractivity contribution in [2.75, 3.05) is 5.43 Å². The van der Waals surface area contributed by atoms with E-state index in [0.29, 0.717) is 17.5 Å². The maximum absolute atomic E-state index is 11.7. The number of rotatable bonds is 4. The summed E-state index contributed by atoms with van der Waals surface area (Å²) in [5, 5.41) is 2.61. The van der Waals surface area contributed by atoms with Crippen LogP contribution in [-0.4, -0.2) is 20.9 Å². The van der Waals surface area contributed by atoms with E-state index in [1.54, 1.807) is 13.1 Å². The van der Waals surface area contributed by atoms with Gasteiger partial charge in [-0.3, -0.25) is 9.78 Å². The zero-order valence-electron chi connectivity index (χ0n) is 9.67. The number of hydrogen-bond acceptors (Lipinski definition) is 7. The third kappa shape index (κ3) is 2.80. The average molecular weight is 248 g/mol. The van der Waals surface area contributed by atoms with Crippen LogP contribution < -0.4 is 16.6 Å². The highest BCUT2D eigenvalue weighted by Crippen LogP contribution is 2.03. The van der Waals surface area contributed by atoms with Crippen molar-refractivity contribution in [2.45, 2.75) is 13.5 Å². The predicted octanol–water partition coefficient (Wildman–Crippen LogP) is -0.0114. The normalized spacial score (nSPS) is 10.1. The van der Waals surface area contributed by atoms with Gasteiger partial charge in [0.2, 0.25) is 5.89 Å². The number of nitrogen functional groups attached to an aromatic ring is 1. The summed E-state index contributed by atoms with van der Waals surface area (Å²) in [6, 6.07) is 0.